The highest BCUT2D eigenvalue weighted by Gasteiger charge is 2.37. The van der Waals surface area contributed by atoms with Crippen LogP contribution in [-0.4, -0.2) is 92.6 Å². The van der Waals surface area contributed by atoms with E-state index >= 15 is 0 Å². The highest BCUT2D eigenvalue weighted by molar-refractivity contribution is 5.92. The number of benzene rings is 1. The zero-order valence-electron chi connectivity index (χ0n) is 18.9. The maximum Gasteiger partial charge on any atom is 0.405 e. The number of nitrogens with one attached hydrogen (secondary N) is 6. The quantitative estimate of drug-likeness (QED) is 0.110. The fraction of sp³-hybridized carbons (Fsp3) is 0.476. The van der Waals surface area contributed by atoms with Crippen LogP contribution in [0.4, 0.5) is 9.18 Å². The Morgan fingerprint density at radius 1 is 0.943 bits per heavy atom. The van der Waals surface area contributed by atoms with Crippen LogP contribution in [0.5, 0.6) is 0 Å². The lowest BCUT2D eigenvalue weighted by Crippen LogP contribution is -2.59. The molecule has 7 N–H and O–H groups in total. The van der Waals surface area contributed by atoms with E-state index in [1.165, 1.54) is 0 Å². The van der Waals surface area contributed by atoms with E-state index in [4.69, 9.17) is 9.84 Å². The van der Waals surface area contributed by atoms with Crippen LogP contribution in [0.3, 0.4) is 0 Å². The minimum atomic E-state index is -1.44. The second-order valence-electron chi connectivity index (χ2n) is 7.81. The second kappa shape index (κ2) is 13.8. The van der Waals surface area contributed by atoms with Crippen LogP contribution in [0, 0.1) is 0 Å². The zero-order valence-corrected chi connectivity index (χ0v) is 18.9. The molecule has 1 unspecified atom stereocenters. The van der Waals surface area contributed by atoms with Gasteiger partial charge in [-0.3, -0.25) is 19.2 Å². The van der Waals surface area contributed by atoms with Gasteiger partial charge in [0, 0.05) is 19.5 Å². The van der Waals surface area contributed by atoms with Crippen molar-refractivity contribution in [2.75, 3.05) is 46.1 Å². The molecule has 35 heavy (non-hydrogen) atoms. The molecular weight excluding hydrogens is 467 g/mol. The van der Waals surface area contributed by atoms with Gasteiger partial charge in [0.1, 0.15) is 12.8 Å². The van der Waals surface area contributed by atoms with Gasteiger partial charge in [0.2, 0.25) is 23.6 Å². The van der Waals surface area contributed by atoms with Crippen LogP contribution >= 0.6 is 0 Å². The first-order chi connectivity index (χ1) is 16.7. The van der Waals surface area contributed by atoms with Crippen molar-refractivity contribution in [3.8, 4) is 0 Å². The molecule has 1 atom stereocenters. The summed E-state index contributed by atoms with van der Waals surface area (Å²) in [4.78, 5) is 58.8. The standard InChI is InChI=1S/C21H29FN6O7/c22-21(10-23-11-21)12-35-13-27-17(30)7-25-19(32)15(6-14-4-2-1-3-5-14)28-18(31)9-24-16(29)8-26-20(33)34/h1-5,15,23,26H,6-13H2,(H,24,29)(H,25,32)(H,27,30)(H,28,31)(H,33,34). The number of hydrogen-bond acceptors (Lipinski definition) is 7. The number of hydrogen-bond donors (Lipinski definition) is 7. The molecule has 1 aromatic carbocycles. The first kappa shape index (κ1) is 27.5. The number of amides is 5. The fourth-order valence-corrected chi connectivity index (χ4v) is 2.92. The van der Waals surface area contributed by atoms with Crippen LogP contribution in [-0.2, 0) is 30.3 Å². The summed E-state index contributed by atoms with van der Waals surface area (Å²) in [5.41, 5.74) is -0.695. The average molecular weight is 496 g/mol. The maximum atomic E-state index is 13.8. The van der Waals surface area contributed by atoms with Gasteiger partial charge in [-0.1, -0.05) is 30.3 Å². The smallest absolute Gasteiger partial charge is 0.405 e. The number of carbonyl (C=O) groups is 5. The Bertz CT molecular complexity index is 897. The lowest BCUT2D eigenvalue weighted by Gasteiger charge is -2.34. The third-order valence-electron chi connectivity index (χ3n) is 4.82. The molecule has 14 heteroatoms. The number of carbonyl (C=O) groups excluding carboxylic acids is 4. The van der Waals surface area contributed by atoms with Gasteiger partial charge in [-0.2, -0.15) is 0 Å². The summed E-state index contributed by atoms with van der Waals surface area (Å²) in [6, 6.07) is 7.76. The molecule has 0 aromatic heterocycles. The molecule has 0 aliphatic carbocycles. The highest BCUT2D eigenvalue weighted by atomic mass is 19.1. The Morgan fingerprint density at radius 3 is 2.20 bits per heavy atom. The number of rotatable bonds is 14. The van der Waals surface area contributed by atoms with E-state index in [0.717, 1.165) is 5.56 Å². The summed E-state index contributed by atoms with van der Waals surface area (Å²) >= 11 is 0. The third-order valence-corrected chi connectivity index (χ3v) is 4.82. The Hall–Kier alpha value is -3.78. The number of alkyl halides is 1. The van der Waals surface area contributed by atoms with Gasteiger partial charge in [-0.15, -0.1) is 0 Å². The van der Waals surface area contributed by atoms with E-state index in [0.29, 0.717) is 0 Å². The molecule has 1 aromatic rings. The minimum Gasteiger partial charge on any atom is -0.465 e. The van der Waals surface area contributed by atoms with Crippen molar-refractivity contribution >= 4 is 29.7 Å². The highest BCUT2D eigenvalue weighted by Crippen LogP contribution is 2.15. The fourth-order valence-electron chi connectivity index (χ4n) is 2.92. The maximum absolute atomic E-state index is 13.8. The summed E-state index contributed by atoms with van der Waals surface area (Å²) < 4.78 is 18.9. The van der Waals surface area contributed by atoms with E-state index in [-0.39, 0.29) is 32.8 Å². The van der Waals surface area contributed by atoms with Gasteiger partial charge in [0.15, 0.2) is 5.67 Å². The van der Waals surface area contributed by atoms with Gasteiger partial charge in [-0.05, 0) is 5.56 Å². The van der Waals surface area contributed by atoms with E-state index in [1.54, 1.807) is 30.3 Å². The Labute approximate surface area is 200 Å². The SMILES string of the molecule is O=C(O)NCC(=O)NCC(=O)NC(Cc1ccccc1)C(=O)NCC(=O)NCOCC1(F)CNC1. The van der Waals surface area contributed by atoms with Crippen molar-refractivity contribution in [2.24, 2.45) is 0 Å². The normalized spacial score (nSPS) is 14.5. The first-order valence-corrected chi connectivity index (χ1v) is 10.8. The molecule has 1 saturated heterocycles. The predicted molar refractivity (Wildman–Crippen MR) is 120 cm³/mol. The molecule has 2 rings (SSSR count). The molecule has 13 nitrogen and oxygen atoms in total. The van der Waals surface area contributed by atoms with Crippen molar-refractivity contribution in [1.82, 2.24) is 31.9 Å². The van der Waals surface area contributed by atoms with E-state index < -0.39 is 61.1 Å². The lowest BCUT2D eigenvalue weighted by atomic mass is 10.0. The van der Waals surface area contributed by atoms with Crippen molar-refractivity contribution in [3.63, 3.8) is 0 Å². The van der Waals surface area contributed by atoms with Crippen LogP contribution in [0.25, 0.3) is 0 Å². The average Bonchev–Trinajstić information content (AvgIpc) is 2.81. The summed E-state index contributed by atoms with van der Waals surface area (Å²) in [5, 5.41) is 22.7. The van der Waals surface area contributed by atoms with Crippen molar-refractivity contribution < 1.29 is 38.2 Å². The first-order valence-electron chi connectivity index (χ1n) is 10.8. The molecule has 1 aliphatic rings. The largest absolute Gasteiger partial charge is 0.465 e. The van der Waals surface area contributed by atoms with Crippen LogP contribution in [0.1, 0.15) is 5.56 Å². The van der Waals surface area contributed by atoms with Crippen LogP contribution in [0.2, 0.25) is 0 Å². The molecule has 5 amide bonds. The van der Waals surface area contributed by atoms with Gasteiger partial charge in [-0.25, -0.2) is 9.18 Å². The zero-order chi connectivity index (χ0) is 25.7. The second-order valence-corrected chi connectivity index (χ2v) is 7.81. The molecule has 1 heterocycles. The molecule has 0 spiro atoms. The molecule has 1 fully saturated rings. The summed E-state index contributed by atoms with van der Waals surface area (Å²) in [7, 11) is 0. The van der Waals surface area contributed by atoms with Crippen molar-refractivity contribution in [1.29, 1.82) is 0 Å². The van der Waals surface area contributed by atoms with E-state index in [9.17, 15) is 28.4 Å². The topological polar surface area (TPSA) is 187 Å². The summed E-state index contributed by atoms with van der Waals surface area (Å²) in [6.45, 7) is -1.42. The Balaban J connectivity index is 1.79. The third kappa shape index (κ3) is 10.8. The monoisotopic (exact) mass is 496 g/mol. The minimum absolute atomic E-state index is 0.115. The number of halogens is 1. The molecule has 0 bridgehead atoms. The lowest BCUT2D eigenvalue weighted by molar-refractivity contribution is -0.131. The van der Waals surface area contributed by atoms with Gasteiger partial charge in [0.25, 0.3) is 0 Å². The Morgan fingerprint density at radius 2 is 1.57 bits per heavy atom. The van der Waals surface area contributed by atoms with Crippen molar-refractivity contribution in [2.45, 2.75) is 18.1 Å². The molecule has 192 valence electrons. The van der Waals surface area contributed by atoms with Crippen LogP contribution in [0.15, 0.2) is 30.3 Å². The molecule has 0 radical (unpaired) electrons. The van der Waals surface area contributed by atoms with E-state index in [2.05, 4.69) is 26.6 Å². The van der Waals surface area contributed by atoms with E-state index in [1.807, 2.05) is 5.32 Å². The predicted octanol–water partition coefficient (Wildman–Crippen LogP) is -2.38. The van der Waals surface area contributed by atoms with Gasteiger partial charge >= 0.3 is 6.09 Å². The van der Waals surface area contributed by atoms with Crippen LogP contribution < -0.4 is 31.9 Å². The van der Waals surface area contributed by atoms with Crippen molar-refractivity contribution in [3.05, 3.63) is 35.9 Å². The molecule has 1 aliphatic heterocycles. The number of carboxylic acid groups (broad SMARTS) is 1. The molecular formula is C21H29FN6O7. The van der Waals surface area contributed by atoms with Gasteiger partial charge in [0.05, 0.1) is 26.2 Å². The Kier molecular flexibility index (Phi) is 10.8. The number of ether oxygens (including phenoxy) is 1. The van der Waals surface area contributed by atoms with Gasteiger partial charge < -0.3 is 41.7 Å². The molecule has 0 saturated carbocycles. The summed E-state index contributed by atoms with van der Waals surface area (Å²) in [5.74, 6) is -2.62. The summed E-state index contributed by atoms with van der Waals surface area (Å²) in [6.07, 6.45) is -1.27.